The van der Waals surface area contributed by atoms with Gasteiger partial charge in [0.2, 0.25) is 5.91 Å². The van der Waals surface area contributed by atoms with Crippen molar-refractivity contribution in [3.8, 4) is 5.75 Å². The van der Waals surface area contributed by atoms with E-state index in [0.717, 1.165) is 28.3 Å². The Labute approximate surface area is 131 Å². The van der Waals surface area contributed by atoms with Crippen LogP contribution in [0.1, 0.15) is 17.5 Å². The number of methoxy groups -OCH3 is 1. The Morgan fingerprint density at radius 1 is 1.05 bits per heavy atom. The molecule has 2 N–H and O–H groups in total. The summed E-state index contributed by atoms with van der Waals surface area (Å²) in [6.45, 7) is 4.54. The number of ether oxygens (including phenoxy) is 1. The number of carbonyl (C=O) groups excluding carboxylic acids is 1. The van der Waals surface area contributed by atoms with Gasteiger partial charge in [-0.25, -0.2) is 0 Å². The molecule has 4 nitrogen and oxygen atoms in total. The number of nitrogens with one attached hydrogen (secondary N) is 2. The minimum absolute atomic E-state index is 0.000187. The lowest BCUT2D eigenvalue weighted by Crippen LogP contribution is -2.17. The Bertz CT molecular complexity index is 633. The molecule has 0 aliphatic heterocycles. The van der Waals surface area contributed by atoms with Crippen molar-refractivity contribution in [2.45, 2.75) is 20.3 Å². The van der Waals surface area contributed by atoms with Crippen LogP contribution in [0.4, 0.5) is 11.4 Å². The second kappa shape index (κ2) is 7.50. The van der Waals surface area contributed by atoms with Crippen molar-refractivity contribution in [2.75, 3.05) is 24.3 Å². The third-order valence-corrected chi connectivity index (χ3v) is 3.52. The standard InChI is InChI=1S/C18H22N2O2/c1-13-7-6-8-14(2)18(13)20-17(21)11-12-19-15-9-4-5-10-16(15)22-3/h4-10,19H,11-12H2,1-3H3,(H,20,21). The van der Waals surface area contributed by atoms with E-state index in [-0.39, 0.29) is 5.91 Å². The fourth-order valence-electron chi connectivity index (χ4n) is 2.31. The molecule has 0 radical (unpaired) electrons. The highest BCUT2D eigenvalue weighted by Crippen LogP contribution is 2.23. The summed E-state index contributed by atoms with van der Waals surface area (Å²) in [5, 5.41) is 6.21. The summed E-state index contributed by atoms with van der Waals surface area (Å²) in [4.78, 5) is 12.1. The molecular formula is C18H22N2O2. The lowest BCUT2D eigenvalue weighted by Gasteiger charge is -2.13. The number of hydrogen-bond acceptors (Lipinski definition) is 3. The van der Waals surface area contributed by atoms with Crippen LogP contribution in [-0.4, -0.2) is 19.6 Å². The van der Waals surface area contributed by atoms with Crippen molar-refractivity contribution in [3.63, 3.8) is 0 Å². The Morgan fingerprint density at radius 3 is 2.41 bits per heavy atom. The van der Waals surface area contributed by atoms with E-state index < -0.39 is 0 Å². The van der Waals surface area contributed by atoms with E-state index in [1.165, 1.54) is 0 Å². The number of benzene rings is 2. The van der Waals surface area contributed by atoms with Crippen molar-refractivity contribution in [3.05, 3.63) is 53.6 Å². The maximum atomic E-state index is 12.1. The molecule has 2 aromatic carbocycles. The summed E-state index contributed by atoms with van der Waals surface area (Å²) in [7, 11) is 1.63. The van der Waals surface area contributed by atoms with E-state index in [4.69, 9.17) is 4.74 Å². The van der Waals surface area contributed by atoms with Gasteiger partial charge in [0.05, 0.1) is 12.8 Å². The van der Waals surface area contributed by atoms with Crippen LogP contribution < -0.4 is 15.4 Å². The maximum Gasteiger partial charge on any atom is 0.226 e. The topological polar surface area (TPSA) is 50.4 Å². The molecule has 0 aromatic heterocycles. The predicted octanol–water partition coefficient (Wildman–Crippen LogP) is 3.75. The SMILES string of the molecule is COc1ccccc1NCCC(=O)Nc1c(C)cccc1C. The van der Waals surface area contributed by atoms with Gasteiger partial charge in [-0.3, -0.25) is 4.79 Å². The van der Waals surface area contributed by atoms with Gasteiger partial charge in [0.1, 0.15) is 5.75 Å². The van der Waals surface area contributed by atoms with Gasteiger partial charge < -0.3 is 15.4 Å². The van der Waals surface area contributed by atoms with Gasteiger partial charge in [-0.1, -0.05) is 30.3 Å². The number of para-hydroxylation sites is 3. The highest BCUT2D eigenvalue weighted by molar-refractivity contribution is 5.92. The van der Waals surface area contributed by atoms with Crippen molar-refractivity contribution >= 4 is 17.3 Å². The molecule has 0 fully saturated rings. The molecule has 1 amide bonds. The largest absolute Gasteiger partial charge is 0.495 e. The van der Waals surface area contributed by atoms with Gasteiger partial charge in [-0.15, -0.1) is 0 Å². The molecule has 2 aromatic rings. The zero-order valence-electron chi connectivity index (χ0n) is 13.3. The van der Waals surface area contributed by atoms with E-state index in [9.17, 15) is 4.79 Å². The predicted molar refractivity (Wildman–Crippen MR) is 90.6 cm³/mol. The summed E-state index contributed by atoms with van der Waals surface area (Å²) in [5.41, 5.74) is 3.95. The molecule has 116 valence electrons. The summed E-state index contributed by atoms with van der Waals surface area (Å²) in [5.74, 6) is 0.775. The second-order valence-electron chi connectivity index (χ2n) is 5.19. The molecule has 0 saturated heterocycles. The van der Waals surface area contributed by atoms with Crippen LogP contribution in [0.2, 0.25) is 0 Å². The Balaban J connectivity index is 1.88. The first-order chi connectivity index (χ1) is 10.6. The highest BCUT2D eigenvalue weighted by atomic mass is 16.5. The number of aryl methyl sites for hydroxylation is 2. The third-order valence-electron chi connectivity index (χ3n) is 3.52. The molecule has 0 unspecified atom stereocenters. The molecule has 0 heterocycles. The zero-order valence-corrected chi connectivity index (χ0v) is 13.3. The molecule has 0 aliphatic carbocycles. The molecule has 0 atom stereocenters. The lowest BCUT2D eigenvalue weighted by atomic mass is 10.1. The third kappa shape index (κ3) is 4.01. The number of anilines is 2. The molecule has 0 bridgehead atoms. The molecule has 0 aliphatic rings. The average Bonchev–Trinajstić information content (AvgIpc) is 2.51. The first-order valence-corrected chi connectivity index (χ1v) is 7.34. The van der Waals surface area contributed by atoms with Crippen molar-refractivity contribution < 1.29 is 9.53 Å². The Morgan fingerprint density at radius 2 is 1.73 bits per heavy atom. The van der Waals surface area contributed by atoms with E-state index in [0.29, 0.717) is 13.0 Å². The minimum Gasteiger partial charge on any atom is -0.495 e. The van der Waals surface area contributed by atoms with Crippen LogP contribution in [0.25, 0.3) is 0 Å². The number of amides is 1. The Kier molecular flexibility index (Phi) is 5.42. The van der Waals surface area contributed by atoms with E-state index >= 15 is 0 Å². The number of hydrogen-bond donors (Lipinski definition) is 2. The average molecular weight is 298 g/mol. The molecule has 22 heavy (non-hydrogen) atoms. The quantitative estimate of drug-likeness (QED) is 0.854. The summed E-state index contributed by atoms with van der Waals surface area (Å²) < 4.78 is 5.27. The number of carbonyl (C=O) groups is 1. The summed E-state index contributed by atoms with van der Waals surface area (Å²) in [6, 6.07) is 13.6. The fraction of sp³-hybridized carbons (Fsp3) is 0.278. The van der Waals surface area contributed by atoms with Crippen molar-refractivity contribution in [1.29, 1.82) is 0 Å². The van der Waals surface area contributed by atoms with Crippen molar-refractivity contribution in [2.24, 2.45) is 0 Å². The van der Waals surface area contributed by atoms with Crippen LogP contribution in [0, 0.1) is 13.8 Å². The van der Waals surface area contributed by atoms with Crippen LogP contribution in [-0.2, 0) is 4.79 Å². The first kappa shape index (κ1) is 15.9. The molecule has 0 saturated carbocycles. The fourth-order valence-corrected chi connectivity index (χ4v) is 2.31. The molecule has 4 heteroatoms. The zero-order chi connectivity index (χ0) is 15.9. The van der Waals surface area contributed by atoms with Gasteiger partial charge in [0.25, 0.3) is 0 Å². The van der Waals surface area contributed by atoms with Gasteiger partial charge in [-0.05, 0) is 37.1 Å². The number of rotatable bonds is 6. The molecular weight excluding hydrogens is 276 g/mol. The van der Waals surface area contributed by atoms with E-state index in [2.05, 4.69) is 10.6 Å². The summed E-state index contributed by atoms with van der Waals surface area (Å²) >= 11 is 0. The van der Waals surface area contributed by atoms with Crippen LogP contribution in [0.15, 0.2) is 42.5 Å². The Hall–Kier alpha value is -2.49. The van der Waals surface area contributed by atoms with Crippen LogP contribution in [0.3, 0.4) is 0 Å². The smallest absolute Gasteiger partial charge is 0.226 e. The second-order valence-corrected chi connectivity index (χ2v) is 5.19. The minimum atomic E-state index is -0.000187. The molecule has 0 spiro atoms. The van der Waals surface area contributed by atoms with Gasteiger partial charge >= 0.3 is 0 Å². The van der Waals surface area contributed by atoms with Gasteiger partial charge in [-0.2, -0.15) is 0 Å². The monoisotopic (exact) mass is 298 g/mol. The van der Waals surface area contributed by atoms with E-state index in [1.807, 2.05) is 56.3 Å². The van der Waals surface area contributed by atoms with Crippen LogP contribution in [0.5, 0.6) is 5.75 Å². The van der Waals surface area contributed by atoms with Crippen LogP contribution >= 0.6 is 0 Å². The van der Waals surface area contributed by atoms with Gasteiger partial charge in [0.15, 0.2) is 0 Å². The molecule has 2 rings (SSSR count). The summed E-state index contributed by atoms with van der Waals surface area (Å²) in [6.07, 6.45) is 0.395. The highest BCUT2D eigenvalue weighted by Gasteiger charge is 2.07. The van der Waals surface area contributed by atoms with Crippen molar-refractivity contribution in [1.82, 2.24) is 0 Å². The maximum absolute atomic E-state index is 12.1. The van der Waals surface area contributed by atoms with Gasteiger partial charge in [0, 0.05) is 18.7 Å². The first-order valence-electron chi connectivity index (χ1n) is 7.34. The normalized spacial score (nSPS) is 10.1. The van der Waals surface area contributed by atoms with E-state index in [1.54, 1.807) is 7.11 Å². The lowest BCUT2D eigenvalue weighted by molar-refractivity contribution is -0.115.